The van der Waals surface area contributed by atoms with Crippen molar-refractivity contribution in [1.29, 1.82) is 0 Å². The summed E-state index contributed by atoms with van der Waals surface area (Å²) in [5.74, 6) is 0. The molecule has 0 fully saturated rings. The third-order valence-electron chi connectivity index (χ3n) is 8.53. The van der Waals surface area contributed by atoms with E-state index >= 15 is 0 Å². The first-order valence-electron chi connectivity index (χ1n) is 16.0. The van der Waals surface area contributed by atoms with Gasteiger partial charge in [-0.15, -0.1) is 0 Å². The third kappa shape index (κ3) is 9.92. The fourth-order valence-electron chi connectivity index (χ4n) is 6.32. The molecular weight excluding hydrogens is 496 g/mol. The molecule has 35 heavy (non-hydrogen) atoms. The van der Waals surface area contributed by atoms with Crippen molar-refractivity contribution < 1.29 is 0 Å². The summed E-state index contributed by atoms with van der Waals surface area (Å²) in [6, 6.07) is 0. The Balaban J connectivity index is 2.49. The van der Waals surface area contributed by atoms with E-state index in [2.05, 4.69) is 41.5 Å². The van der Waals surface area contributed by atoms with Gasteiger partial charge in [0.1, 0.15) is 0 Å². The molecule has 2 aliphatic carbocycles. The third-order valence-corrected chi connectivity index (χ3v) is 14.8. The van der Waals surface area contributed by atoms with Crippen molar-refractivity contribution in [2.75, 3.05) is 0 Å². The number of rotatable bonds is 20. The van der Waals surface area contributed by atoms with Gasteiger partial charge in [0.2, 0.25) is 0 Å². The summed E-state index contributed by atoms with van der Waals surface area (Å²) in [4.78, 5) is 0. The maximum absolute atomic E-state index is 2.39. The first kappa shape index (κ1) is 31.7. The second-order valence-corrected chi connectivity index (χ2v) is 15.8. The van der Waals surface area contributed by atoms with E-state index in [1.165, 1.54) is 128 Å². The van der Waals surface area contributed by atoms with E-state index in [0.717, 1.165) is 0 Å². The van der Waals surface area contributed by atoms with Crippen LogP contribution < -0.4 is 0 Å². The van der Waals surface area contributed by atoms with Crippen LogP contribution in [0.4, 0.5) is 0 Å². The van der Waals surface area contributed by atoms with E-state index in [9.17, 15) is 0 Å². The molecule has 0 atom stereocenters. The summed E-state index contributed by atoms with van der Waals surface area (Å²) in [5.41, 5.74) is 11.5. The van der Waals surface area contributed by atoms with Gasteiger partial charge in [-0.2, -0.15) is 0 Å². The number of allylic oxidation sites excluding steroid dienone is 8. The van der Waals surface area contributed by atoms with Gasteiger partial charge in [-0.3, -0.25) is 0 Å². The average Bonchev–Trinajstić information content (AvgIpc) is 3.37. The molecule has 0 unspecified atom stereocenters. The molecule has 0 saturated carbocycles. The van der Waals surface area contributed by atoms with Gasteiger partial charge in [0.05, 0.1) is 0 Å². The molecule has 2 aliphatic rings. The molecule has 0 nitrogen and oxygen atoms in total. The Bertz CT molecular complexity index is 693. The van der Waals surface area contributed by atoms with Crippen LogP contribution in [0.2, 0.25) is 0 Å². The Kier molecular flexibility index (Phi) is 16.9. The molecule has 0 aromatic heterocycles. The van der Waals surface area contributed by atoms with E-state index in [0.29, 0.717) is 0 Å². The molecule has 0 aromatic rings. The Labute approximate surface area is 243 Å². The van der Waals surface area contributed by atoms with Gasteiger partial charge >= 0.3 is 246 Å². The van der Waals surface area contributed by atoms with Crippen LogP contribution >= 0.6 is 0 Å². The van der Waals surface area contributed by atoms with Crippen LogP contribution in [0.3, 0.4) is 0 Å². The Hall–Kier alpha value is 0.441. The van der Waals surface area contributed by atoms with E-state index in [4.69, 9.17) is 0 Å². The zero-order valence-corrected chi connectivity index (χ0v) is 28.3. The zero-order chi connectivity index (χ0) is 25.5. The molecular formula is C34H58Sr. The van der Waals surface area contributed by atoms with Crippen molar-refractivity contribution in [1.82, 2.24) is 0 Å². The summed E-state index contributed by atoms with van der Waals surface area (Å²) in [5, 5.41) is 0. The van der Waals surface area contributed by atoms with Crippen LogP contribution in [-0.2, 0) is 0 Å². The predicted molar refractivity (Wildman–Crippen MR) is 160 cm³/mol. The SMILES string of the molecule is CCCCC1=C(CCCC)[C]([Sr][C]2=C(CCCC)CC(CCCC)=C2CCCC)=C(CCCC)C1. The molecule has 0 spiro atoms. The van der Waals surface area contributed by atoms with Crippen molar-refractivity contribution in [2.45, 2.75) is 170 Å². The summed E-state index contributed by atoms with van der Waals surface area (Å²) >= 11 is -1.26. The molecule has 0 N–H and O–H groups in total. The van der Waals surface area contributed by atoms with Gasteiger partial charge in [0.25, 0.3) is 0 Å². The quantitative estimate of drug-likeness (QED) is 0.131. The van der Waals surface area contributed by atoms with E-state index in [-0.39, 0.29) is 0 Å². The van der Waals surface area contributed by atoms with Crippen LogP contribution in [0.5, 0.6) is 0 Å². The molecule has 0 amide bonds. The minimum absolute atomic E-state index is 1.26. The van der Waals surface area contributed by atoms with Crippen molar-refractivity contribution in [2.24, 2.45) is 0 Å². The first-order chi connectivity index (χ1) is 17.1. The standard InChI is InChI=1S/2C17H29.Sr/c2*1-4-7-10-15-13-16(11-8-5-2)17(14-15)12-9-6-3;/h2*4-13H2,1-3H3;. The van der Waals surface area contributed by atoms with Gasteiger partial charge in [-0.05, 0) is 0 Å². The van der Waals surface area contributed by atoms with E-state index in [1.807, 2.05) is 34.5 Å². The second-order valence-electron chi connectivity index (χ2n) is 11.5. The summed E-state index contributed by atoms with van der Waals surface area (Å²) in [6.07, 6.45) is 27.4. The van der Waals surface area contributed by atoms with Gasteiger partial charge in [-0.1, -0.05) is 0 Å². The molecule has 0 aromatic carbocycles. The van der Waals surface area contributed by atoms with Crippen LogP contribution in [-0.4, -0.2) is 41.0 Å². The first-order valence-corrected chi connectivity index (χ1v) is 19.5. The van der Waals surface area contributed by atoms with Gasteiger partial charge in [0.15, 0.2) is 0 Å². The van der Waals surface area contributed by atoms with Gasteiger partial charge in [0, 0.05) is 0 Å². The summed E-state index contributed by atoms with van der Waals surface area (Å²) < 4.78 is 4.07. The fourth-order valence-corrected chi connectivity index (χ4v) is 13.0. The fraction of sp³-hybridized carbons (Fsp3) is 0.765. The Morgan fingerprint density at radius 3 is 1.00 bits per heavy atom. The van der Waals surface area contributed by atoms with Crippen LogP contribution in [0.25, 0.3) is 0 Å². The predicted octanol–water partition coefficient (Wildman–Crippen LogP) is 11.7. The monoisotopic (exact) mass is 554 g/mol. The number of unbranched alkanes of at least 4 members (excludes halogenated alkanes) is 6. The Morgan fingerprint density at radius 2 is 0.686 bits per heavy atom. The second kappa shape index (κ2) is 18.7. The van der Waals surface area contributed by atoms with Crippen LogP contribution in [0.15, 0.2) is 34.5 Å². The zero-order valence-electron chi connectivity index (χ0n) is 24.8. The topological polar surface area (TPSA) is 0 Å². The molecule has 0 aliphatic heterocycles. The van der Waals surface area contributed by atoms with Gasteiger partial charge in [-0.25, -0.2) is 0 Å². The molecule has 196 valence electrons. The average molecular weight is 554 g/mol. The van der Waals surface area contributed by atoms with Crippen LogP contribution in [0.1, 0.15) is 170 Å². The molecule has 0 bridgehead atoms. The number of hydrogen-bond acceptors (Lipinski definition) is 0. The molecule has 1 heteroatoms. The van der Waals surface area contributed by atoms with Crippen molar-refractivity contribution >= 4 is 41.0 Å². The van der Waals surface area contributed by atoms with E-state index < -0.39 is 41.0 Å². The van der Waals surface area contributed by atoms with Crippen molar-refractivity contribution in [3.05, 3.63) is 34.5 Å². The molecule has 0 radical (unpaired) electrons. The van der Waals surface area contributed by atoms with E-state index in [1.54, 1.807) is 0 Å². The molecule has 0 saturated heterocycles. The van der Waals surface area contributed by atoms with Crippen molar-refractivity contribution in [3.63, 3.8) is 0 Å². The normalized spacial score (nSPS) is 16.4. The van der Waals surface area contributed by atoms with Crippen molar-refractivity contribution in [3.8, 4) is 0 Å². The Morgan fingerprint density at radius 1 is 0.400 bits per heavy atom. The van der Waals surface area contributed by atoms with Crippen LogP contribution in [0, 0.1) is 0 Å². The maximum atomic E-state index is 2.39. The summed E-state index contributed by atoms with van der Waals surface area (Å²) in [7, 11) is 0. The summed E-state index contributed by atoms with van der Waals surface area (Å²) in [6.45, 7) is 14.3. The van der Waals surface area contributed by atoms with Gasteiger partial charge < -0.3 is 0 Å². The molecule has 2 rings (SSSR count). The number of hydrogen-bond donors (Lipinski definition) is 0. The molecule has 0 heterocycles. The minimum atomic E-state index is -1.26.